The van der Waals surface area contributed by atoms with Crippen LogP contribution in [-0.4, -0.2) is 35.9 Å². The second-order valence-electron chi connectivity index (χ2n) is 9.55. The van der Waals surface area contributed by atoms with Crippen LogP contribution in [0.15, 0.2) is 60.7 Å². The van der Waals surface area contributed by atoms with Gasteiger partial charge in [0.25, 0.3) is 0 Å². The first-order valence-electron chi connectivity index (χ1n) is 11.8. The van der Waals surface area contributed by atoms with Gasteiger partial charge in [-0.3, -0.25) is 4.79 Å². The summed E-state index contributed by atoms with van der Waals surface area (Å²) >= 11 is 0. The highest BCUT2D eigenvalue weighted by Gasteiger charge is 2.43. The number of aryl methyl sites for hydroxylation is 1. The Hall–Kier alpha value is -3.02. The summed E-state index contributed by atoms with van der Waals surface area (Å²) in [6.07, 6.45) is 6.16. The van der Waals surface area contributed by atoms with E-state index in [9.17, 15) is 9.59 Å². The number of hydrogen-bond acceptors (Lipinski definition) is 5. The normalized spacial score (nSPS) is 27.9. The lowest BCUT2D eigenvalue weighted by molar-refractivity contribution is -0.152. The lowest BCUT2D eigenvalue weighted by atomic mass is 9.91. The molecule has 0 aromatic heterocycles. The van der Waals surface area contributed by atoms with Gasteiger partial charge in [-0.2, -0.15) is 0 Å². The third-order valence-electron chi connectivity index (χ3n) is 6.46. The van der Waals surface area contributed by atoms with Crippen molar-refractivity contribution in [3.05, 3.63) is 77.4 Å². The molecule has 5 heteroatoms. The highest BCUT2D eigenvalue weighted by Crippen LogP contribution is 2.34. The van der Waals surface area contributed by atoms with E-state index >= 15 is 0 Å². The van der Waals surface area contributed by atoms with Gasteiger partial charge in [0.1, 0.15) is 12.2 Å². The van der Waals surface area contributed by atoms with Gasteiger partial charge in [-0.25, -0.2) is 4.79 Å². The minimum atomic E-state index is -0.845. The second kappa shape index (κ2) is 9.69. The van der Waals surface area contributed by atoms with Gasteiger partial charge in [-0.15, -0.1) is 0 Å². The van der Waals surface area contributed by atoms with Crippen LogP contribution in [0.5, 0.6) is 0 Å². The third kappa shape index (κ3) is 5.06. The van der Waals surface area contributed by atoms with E-state index in [0.29, 0.717) is 12.0 Å². The van der Waals surface area contributed by atoms with Crippen molar-refractivity contribution in [3.8, 4) is 11.1 Å². The number of carbonyl (C=O) groups excluding carboxylic acids is 2. The maximum absolute atomic E-state index is 13.4. The van der Waals surface area contributed by atoms with Gasteiger partial charge in [0.05, 0.1) is 11.7 Å². The van der Waals surface area contributed by atoms with Crippen molar-refractivity contribution < 1.29 is 23.8 Å². The number of ketones is 1. The molecule has 2 aliphatic rings. The third-order valence-corrected chi connectivity index (χ3v) is 6.46. The Kier molecular flexibility index (Phi) is 6.87. The molecule has 0 radical (unpaired) electrons. The Morgan fingerprint density at radius 1 is 0.941 bits per heavy atom. The number of benzene rings is 2. The number of hydrogen-bond donors (Lipinski definition) is 0. The van der Waals surface area contributed by atoms with Gasteiger partial charge in [-0.1, -0.05) is 67.6 Å². The summed E-state index contributed by atoms with van der Waals surface area (Å²) in [5.74, 6) is -1.51. The number of esters is 1. The molecule has 0 spiro atoms. The Balaban J connectivity index is 1.83. The fraction of sp³-hybridized carbons (Fsp3) is 0.379. The van der Waals surface area contributed by atoms with Crippen molar-refractivity contribution >= 4 is 17.8 Å². The van der Waals surface area contributed by atoms with Crippen LogP contribution in [0.2, 0.25) is 0 Å². The first-order chi connectivity index (χ1) is 16.2. The summed E-state index contributed by atoms with van der Waals surface area (Å²) in [7, 11) is 0. The van der Waals surface area contributed by atoms with E-state index in [1.165, 1.54) is 6.08 Å². The smallest absolute Gasteiger partial charge is 0.339 e. The molecule has 0 aliphatic carbocycles. The monoisotopic (exact) mass is 460 g/mol. The Morgan fingerprint density at radius 3 is 2.41 bits per heavy atom. The van der Waals surface area contributed by atoms with E-state index in [4.69, 9.17) is 14.2 Å². The van der Waals surface area contributed by atoms with Crippen LogP contribution in [0.4, 0.5) is 0 Å². The molecule has 0 bridgehead atoms. The van der Waals surface area contributed by atoms with Crippen LogP contribution in [0.1, 0.15) is 55.6 Å². The lowest BCUT2D eigenvalue weighted by Crippen LogP contribution is -2.30. The fourth-order valence-electron chi connectivity index (χ4n) is 4.44. The molecule has 1 saturated heterocycles. The topological polar surface area (TPSA) is 61.8 Å². The molecule has 4 rings (SSSR count). The summed E-state index contributed by atoms with van der Waals surface area (Å²) in [6, 6.07) is 14.0. The lowest BCUT2D eigenvalue weighted by Gasteiger charge is -2.21. The number of carbonyl (C=O) groups is 2. The molecule has 1 fully saturated rings. The van der Waals surface area contributed by atoms with Crippen LogP contribution in [-0.2, 0) is 19.0 Å². The average molecular weight is 461 g/mol. The zero-order chi connectivity index (χ0) is 24.5. The summed E-state index contributed by atoms with van der Waals surface area (Å²) in [6.45, 7) is 9.33. The van der Waals surface area contributed by atoms with E-state index in [-0.39, 0.29) is 17.7 Å². The summed E-state index contributed by atoms with van der Waals surface area (Å²) < 4.78 is 17.9. The SMILES string of the molecule is Cc1ccc(-c2ccccc2)c2c1C(=O)O[C@@H](C)[C@H](C)/C=C\C(=O)[C@H]1OC(C)(C)O[C@H]1CC=C2. The molecule has 4 atom stereocenters. The summed E-state index contributed by atoms with van der Waals surface area (Å²) in [5, 5.41) is 0. The van der Waals surface area contributed by atoms with Crippen molar-refractivity contribution in [2.75, 3.05) is 0 Å². The molecular formula is C29H32O5. The van der Waals surface area contributed by atoms with Gasteiger partial charge in [0.2, 0.25) is 0 Å². The highest BCUT2D eigenvalue weighted by molar-refractivity contribution is 5.99. The van der Waals surface area contributed by atoms with Gasteiger partial charge in [0, 0.05) is 5.92 Å². The molecule has 0 N–H and O–H groups in total. The Bertz CT molecular complexity index is 1130. The predicted molar refractivity (Wildman–Crippen MR) is 132 cm³/mol. The molecule has 2 aromatic carbocycles. The minimum Gasteiger partial charge on any atom is -0.458 e. The van der Waals surface area contributed by atoms with Crippen molar-refractivity contribution in [1.29, 1.82) is 0 Å². The quantitative estimate of drug-likeness (QED) is 0.496. The van der Waals surface area contributed by atoms with Crippen LogP contribution < -0.4 is 0 Å². The van der Waals surface area contributed by atoms with Gasteiger partial charge < -0.3 is 14.2 Å². The van der Waals surface area contributed by atoms with E-state index < -0.39 is 24.1 Å². The average Bonchev–Trinajstić information content (AvgIpc) is 3.11. The molecule has 2 aromatic rings. The van der Waals surface area contributed by atoms with E-state index in [2.05, 4.69) is 0 Å². The zero-order valence-corrected chi connectivity index (χ0v) is 20.4. The molecule has 0 unspecified atom stereocenters. The molecule has 0 amide bonds. The first-order valence-corrected chi connectivity index (χ1v) is 11.8. The Morgan fingerprint density at radius 2 is 1.68 bits per heavy atom. The van der Waals surface area contributed by atoms with Gasteiger partial charge in [-0.05, 0) is 62.4 Å². The van der Waals surface area contributed by atoms with Crippen LogP contribution in [0, 0.1) is 12.8 Å². The van der Waals surface area contributed by atoms with Crippen molar-refractivity contribution in [2.24, 2.45) is 5.92 Å². The fourth-order valence-corrected chi connectivity index (χ4v) is 4.44. The number of fused-ring (bicyclic) bond motifs is 2. The predicted octanol–water partition coefficient (Wildman–Crippen LogP) is 5.91. The minimum absolute atomic E-state index is 0.146. The standard InChI is InChI=1S/C29H32O5/c1-18-15-17-24(30)27-25(33-29(4,5)34-27)13-9-12-23-22(21-10-7-6-8-11-21)16-14-19(2)26(23)28(31)32-20(18)3/h6-12,14-18,20,25,27H,13H2,1-5H3/b12-9?,17-15-/t18-,20+,25+,27-/m1/s1. The van der Waals surface area contributed by atoms with E-state index in [1.807, 2.05) is 89.2 Å². The van der Waals surface area contributed by atoms with Gasteiger partial charge in [0.15, 0.2) is 11.6 Å². The first kappa shape index (κ1) is 24.1. The van der Waals surface area contributed by atoms with Crippen molar-refractivity contribution in [1.82, 2.24) is 0 Å². The van der Waals surface area contributed by atoms with Crippen molar-refractivity contribution in [3.63, 3.8) is 0 Å². The summed E-state index contributed by atoms with van der Waals surface area (Å²) in [4.78, 5) is 26.3. The Labute approximate surface area is 201 Å². The number of rotatable bonds is 1. The maximum Gasteiger partial charge on any atom is 0.339 e. The molecule has 2 aliphatic heterocycles. The molecule has 0 saturated carbocycles. The van der Waals surface area contributed by atoms with Crippen LogP contribution in [0.25, 0.3) is 17.2 Å². The molecule has 178 valence electrons. The number of ether oxygens (including phenoxy) is 3. The molecule has 34 heavy (non-hydrogen) atoms. The van der Waals surface area contributed by atoms with Crippen molar-refractivity contribution in [2.45, 2.75) is 65.1 Å². The second-order valence-corrected chi connectivity index (χ2v) is 9.55. The molecule has 5 nitrogen and oxygen atoms in total. The van der Waals surface area contributed by atoms with Gasteiger partial charge >= 0.3 is 5.97 Å². The number of cyclic esters (lactones) is 1. The van der Waals surface area contributed by atoms with E-state index in [0.717, 1.165) is 22.3 Å². The van der Waals surface area contributed by atoms with Crippen LogP contribution >= 0.6 is 0 Å². The zero-order valence-electron chi connectivity index (χ0n) is 20.4. The molecular weight excluding hydrogens is 428 g/mol. The highest BCUT2D eigenvalue weighted by atomic mass is 16.8. The summed E-state index contributed by atoms with van der Waals surface area (Å²) in [5.41, 5.74) is 4.15. The maximum atomic E-state index is 13.4. The van der Waals surface area contributed by atoms with Crippen LogP contribution in [0.3, 0.4) is 0 Å². The largest absolute Gasteiger partial charge is 0.458 e. The molecule has 2 heterocycles. The van der Waals surface area contributed by atoms with E-state index in [1.54, 1.807) is 6.08 Å².